The van der Waals surface area contributed by atoms with E-state index in [1.807, 2.05) is 13.8 Å². The van der Waals surface area contributed by atoms with Crippen molar-refractivity contribution in [3.8, 4) is 0 Å². The summed E-state index contributed by atoms with van der Waals surface area (Å²) in [5.41, 5.74) is 2.37. The summed E-state index contributed by atoms with van der Waals surface area (Å²) in [6.07, 6.45) is 0. The third kappa shape index (κ3) is 4.08. The van der Waals surface area contributed by atoms with Gasteiger partial charge in [0.25, 0.3) is 5.69 Å². The number of nitrogens with zero attached hydrogens (tertiary/aromatic N) is 2. The molecular weight excluding hydrogens is 306 g/mol. The highest BCUT2D eigenvalue weighted by atomic mass is 32.2. The van der Waals surface area contributed by atoms with E-state index in [1.165, 1.54) is 36.0 Å². The highest BCUT2D eigenvalue weighted by molar-refractivity contribution is 7.99. The Kier molecular flexibility index (Phi) is 5.16. The zero-order valence-corrected chi connectivity index (χ0v) is 13.0. The second kappa shape index (κ2) is 7.08. The summed E-state index contributed by atoms with van der Waals surface area (Å²) in [7, 11) is 0. The molecule has 0 spiro atoms. The lowest BCUT2D eigenvalue weighted by atomic mass is 10.2. The van der Waals surface area contributed by atoms with E-state index in [9.17, 15) is 14.9 Å². The van der Waals surface area contributed by atoms with Gasteiger partial charge in [0, 0.05) is 29.1 Å². The van der Waals surface area contributed by atoms with Gasteiger partial charge in [-0.15, -0.1) is 11.8 Å². The van der Waals surface area contributed by atoms with Crippen LogP contribution in [0.1, 0.15) is 17.0 Å². The van der Waals surface area contributed by atoms with Crippen molar-refractivity contribution in [2.75, 3.05) is 11.1 Å². The Balaban J connectivity index is 1.82. The average molecular weight is 321 g/mol. The summed E-state index contributed by atoms with van der Waals surface area (Å²) in [6.45, 7) is 3.70. The van der Waals surface area contributed by atoms with Gasteiger partial charge in [-0.3, -0.25) is 14.9 Å². The fraction of sp³-hybridized carbons (Fsp3) is 0.286. The van der Waals surface area contributed by atoms with Crippen molar-refractivity contribution >= 4 is 29.0 Å². The molecule has 1 aromatic heterocycles. The van der Waals surface area contributed by atoms with Crippen molar-refractivity contribution in [3.05, 3.63) is 51.4 Å². The molecule has 0 fully saturated rings. The van der Waals surface area contributed by atoms with Crippen LogP contribution in [0.3, 0.4) is 0 Å². The van der Waals surface area contributed by atoms with Gasteiger partial charge in [-0.1, -0.05) is 5.16 Å². The second-order valence-electron chi connectivity index (χ2n) is 4.65. The molecule has 0 bridgehead atoms. The lowest BCUT2D eigenvalue weighted by Gasteiger charge is -2.05. The van der Waals surface area contributed by atoms with Crippen LogP contribution in [0.15, 0.2) is 28.8 Å². The molecule has 0 aliphatic carbocycles. The molecule has 0 saturated carbocycles. The zero-order valence-electron chi connectivity index (χ0n) is 12.2. The van der Waals surface area contributed by atoms with Gasteiger partial charge >= 0.3 is 0 Å². The number of benzene rings is 1. The predicted molar refractivity (Wildman–Crippen MR) is 83.9 cm³/mol. The quantitative estimate of drug-likeness (QED) is 0.648. The monoisotopic (exact) mass is 321 g/mol. The number of rotatable bonds is 6. The SMILES string of the molecule is Cc1noc(C)c1CSCC(=O)Nc1ccc([N+](=O)[O-])cc1. The lowest BCUT2D eigenvalue weighted by Crippen LogP contribution is -2.14. The first-order valence-corrected chi connectivity index (χ1v) is 7.66. The molecule has 0 saturated heterocycles. The molecule has 1 N–H and O–H groups in total. The fourth-order valence-corrected chi connectivity index (χ4v) is 2.79. The van der Waals surface area contributed by atoms with Gasteiger partial charge in [0.15, 0.2) is 0 Å². The maximum absolute atomic E-state index is 11.8. The third-order valence-corrected chi connectivity index (χ3v) is 3.98. The van der Waals surface area contributed by atoms with E-state index in [1.54, 1.807) is 0 Å². The van der Waals surface area contributed by atoms with Gasteiger partial charge in [-0.2, -0.15) is 0 Å². The van der Waals surface area contributed by atoms with E-state index >= 15 is 0 Å². The van der Waals surface area contributed by atoms with Crippen LogP contribution in [0.5, 0.6) is 0 Å². The predicted octanol–water partition coefficient (Wildman–Crippen LogP) is 3.07. The first-order valence-electron chi connectivity index (χ1n) is 6.51. The smallest absolute Gasteiger partial charge is 0.269 e. The molecule has 2 rings (SSSR count). The lowest BCUT2D eigenvalue weighted by molar-refractivity contribution is -0.384. The van der Waals surface area contributed by atoms with Gasteiger partial charge in [-0.05, 0) is 26.0 Å². The molecule has 7 nitrogen and oxygen atoms in total. The normalized spacial score (nSPS) is 10.5. The summed E-state index contributed by atoms with van der Waals surface area (Å²) in [6, 6.07) is 5.73. The average Bonchev–Trinajstić information content (AvgIpc) is 2.79. The van der Waals surface area contributed by atoms with E-state index in [2.05, 4.69) is 10.5 Å². The Labute approximate surface area is 131 Å². The number of aromatic nitrogens is 1. The van der Waals surface area contributed by atoms with Crippen molar-refractivity contribution in [1.29, 1.82) is 0 Å². The van der Waals surface area contributed by atoms with E-state index < -0.39 is 4.92 Å². The number of nitro benzene ring substituents is 1. The summed E-state index contributed by atoms with van der Waals surface area (Å²) >= 11 is 1.45. The number of aryl methyl sites for hydroxylation is 2. The maximum atomic E-state index is 11.8. The Morgan fingerprint density at radius 3 is 2.59 bits per heavy atom. The van der Waals surface area contributed by atoms with Crippen LogP contribution in [0.2, 0.25) is 0 Å². The van der Waals surface area contributed by atoms with Crippen LogP contribution in [0.4, 0.5) is 11.4 Å². The van der Waals surface area contributed by atoms with Crippen molar-refractivity contribution < 1.29 is 14.2 Å². The molecule has 116 valence electrons. The van der Waals surface area contributed by atoms with Crippen LogP contribution < -0.4 is 5.32 Å². The molecule has 0 unspecified atom stereocenters. The zero-order chi connectivity index (χ0) is 16.1. The molecule has 2 aromatic rings. The molecule has 0 radical (unpaired) electrons. The molecule has 22 heavy (non-hydrogen) atoms. The Morgan fingerprint density at radius 2 is 2.05 bits per heavy atom. The number of anilines is 1. The largest absolute Gasteiger partial charge is 0.361 e. The first kappa shape index (κ1) is 16.0. The summed E-state index contributed by atoms with van der Waals surface area (Å²) < 4.78 is 5.06. The van der Waals surface area contributed by atoms with Crippen LogP contribution in [-0.4, -0.2) is 21.7 Å². The van der Waals surface area contributed by atoms with Gasteiger partial charge in [0.1, 0.15) is 5.76 Å². The number of carbonyl (C=O) groups is 1. The molecule has 8 heteroatoms. The number of amides is 1. The highest BCUT2D eigenvalue weighted by Gasteiger charge is 2.11. The number of nitro groups is 1. The van der Waals surface area contributed by atoms with Crippen LogP contribution in [0, 0.1) is 24.0 Å². The second-order valence-corrected chi connectivity index (χ2v) is 5.63. The van der Waals surface area contributed by atoms with Crippen molar-refractivity contribution in [1.82, 2.24) is 5.16 Å². The number of thioether (sulfide) groups is 1. The number of carbonyl (C=O) groups excluding carboxylic acids is 1. The summed E-state index contributed by atoms with van der Waals surface area (Å²) in [5, 5.41) is 17.1. The highest BCUT2D eigenvalue weighted by Crippen LogP contribution is 2.20. The van der Waals surface area contributed by atoms with Crippen molar-refractivity contribution in [3.63, 3.8) is 0 Å². The van der Waals surface area contributed by atoms with Gasteiger partial charge in [-0.25, -0.2) is 0 Å². The Morgan fingerprint density at radius 1 is 1.36 bits per heavy atom. The Bertz CT molecular complexity index is 662. The number of hydrogen-bond donors (Lipinski definition) is 1. The number of hydrogen-bond acceptors (Lipinski definition) is 6. The molecule has 1 amide bonds. The van der Waals surface area contributed by atoms with Crippen LogP contribution in [-0.2, 0) is 10.5 Å². The molecular formula is C14H15N3O4S. The number of nitrogens with one attached hydrogen (secondary N) is 1. The fourth-order valence-electron chi connectivity index (χ4n) is 1.82. The molecule has 1 aromatic carbocycles. The minimum Gasteiger partial charge on any atom is -0.361 e. The topological polar surface area (TPSA) is 98.3 Å². The van der Waals surface area contributed by atoms with E-state index in [4.69, 9.17) is 4.52 Å². The van der Waals surface area contributed by atoms with E-state index in [0.29, 0.717) is 11.4 Å². The maximum Gasteiger partial charge on any atom is 0.269 e. The van der Waals surface area contributed by atoms with E-state index in [0.717, 1.165) is 17.0 Å². The summed E-state index contributed by atoms with van der Waals surface area (Å²) in [4.78, 5) is 21.9. The van der Waals surface area contributed by atoms with Gasteiger partial charge in [0.05, 0.1) is 16.4 Å². The minimum absolute atomic E-state index is 0.00854. The van der Waals surface area contributed by atoms with E-state index in [-0.39, 0.29) is 17.3 Å². The van der Waals surface area contributed by atoms with Crippen molar-refractivity contribution in [2.24, 2.45) is 0 Å². The molecule has 0 atom stereocenters. The summed E-state index contributed by atoms with van der Waals surface area (Å²) in [5.74, 6) is 1.53. The van der Waals surface area contributed by atoms with Crippen LogP contribution >= 0.6 is 11.8 Å². The molecule has 0 aliphatic heterocycles. The van der Waals surface area contributed by atoms with Gasteiger partial charge in [0.2, 0.25) is 5.91 Å². The first-order chi connectivity index (χ1) is 10.5. The third-order valence-electron chi connectivity index (χ3n) is 3.02. The Hall–Kier alpha value is -2.35. The van der Waals surface area contributed by atoms with Crippen molar-refractivity contribution in [2.45, 2.75) is 19.6 Å². The standard InChI is InChI=1S/C14H15N3O4S/c1-9-13(10(2)21-16-9)7-22-8-14(18)15-11-3-5-12(6-4-11)17(19)20/h3-6H,7-8H2,1-2H3,(H,15,18). The number of non-ortho nitro benzene ring substituents is 1. The minimum atomic E-state index is -0.481. The van der Waals surface area contributed by atoms with Crippen LogP contribution in [0.25, 0.3) is 0 Å². The molecule has 1 heterocycles. The molecule has 0 aliphatic rings. The van der Waals surface area contributed by atoms with Gasteiger partial charge < -0.3 is 9.84 Å².